The van der Waals surface area contributed by atoms with Crippen molar-refractivity contribution >= 4 is 22.5 Å². The summed E-state index contributed by atoms with van der Waals surface area (Å²) in [6.07, 6.45) is 1.63. The second kappa shape index (κ2) is 6.72. The number of rotatable bonds is 4. The number of pyridine rings is 1. The smallest absolute Gasteiger partial charge is 0.247 e. The Balaban J connectivity index is 1.49. The number of anilines is 1. The van der Waals surface area contributed by atoms with Crippen molar-refractivity contribution in [2.75, 3.05) is 5.32 Å². The van der Waals surface area contributed by atoms with Crippen LogP contribution in [0.1, 0.15) is 5.89 Å². The van der Waals surface area contributed by atoms with Gasteiger partial charge in [0.1, 0.15) is 12.2 Å². The number of fused-ring (bicyclic) bond motifs is 1. The van der Waals surface area contributed by atoms with Gasteiger partial charge in [-0.2, -0.15) is 0 Å². The Morgan fingerprint density at radius 2 is 2.00 bits per heavy atom. The van der Waals surface area contributed by atoms with Crippen LogP contribution in [0.15, 0.2) is 65.2 Å². The third kappa shape index (κ3) is 3.41. The van der Waals surface area contributed by atoms with Gasteiger partial charge in [0.15, 0.2) is 0 Å². The number of hydrogen-bond acceptors (Lipinski definition) is 5. The average Bonchev–Trinajstić information content (AvgIpc) is 3.09. The lowest BCUT2D eigenvalue weighted by atomic mass is 10.1. The molecule has 0 unspecified atom stereocenters. The number of carbonyl (C=O) groups excluding carboxylic acids is 1. The molecule has 128 valence electrons. The fourth-order valence-corrected chi connectivity index (χ4v) is 2.56. The van der Waals surface area contributed by atoms with E-state index in [1.54, 1.807) is 12.3 Å². The molecule has 2 aromatic heterocycles. The summed E-state index contributed by atoms with van der Waals surface area (Å²) in [5.74, 6) is -0.285. The number of halogens is 1. The number of benzene rings is 2. The lowest BCUT2D eigenvalue weighted by molar-refractivity contribution is -0.115. The Kier molecular flexibility index (Phi) is 4.10. The minimum Gasteiger partial charge on any atom is -0.420 e. The quantitative estimate of drug-likeness (QED) is 0.609. The highest BCUT2D eigenvalue weighted by Crippen LogP contribution is 2.22. The van der Waals surface area contributed by atoms with Crippen LogP contribution in [0.4, 0.5) is 10.1 Å². The summed E-state index contributed by atoms with van der Waals surface area (Å²) in [7, 11) is 0. The normalized spacial score (nSPS) is 10.8. The van der Waals surface area contributed by atoms with E-state index in [1.165, 1.54) is 18.2 Å². The zero-order chi connectivity index (χ0) is 17.9. The Hall–Kier alpha value is -3.61. The van der Waals surface area contributed by atoms with Crippen molar-refractivity contribution in [1.29, 1.82) is 0 Å². The standard InChI is InChI=1S/C19H13FN4O2/c20-14-4-1-5-15(10-14)22-17(25)11-18-23-24-19(26-18)13-6-7-16-12(9-13)3-2-8-21-16/h1-10H,11H2,(H,22,25). The lowest BCUT2D eigenvalue weighted by Gasteiger charge is -2.03. The number of nitrogens with zero attached hydrogens (tertiary/aromatic N) is 3. The van der Waals surface area contributed by atoms with E-state index in [2.05, 4.69) is 20.5 Å². The van der Waals surface area contributed by atoms with E-state index >= 15 is 0 Å². The molecule has 0 aliphatic rings. The molecule has 0 fully saturated rings. The van der Waals surface area contributed by atoms with Gasteiger partial charge in [0.25, 0.3) is 0 Å². The highest BCUT2D eigenvalue weighted by Gasteiger charge is 2.13. The van der Waals surface area contributed by atoms with Gasteiger partial charge in [-0.1, -0.05) is 12.1 Å². The molecule has 6 nitrogen and oxygen atoms in total. The van der Waals surface area contributed by atoms with Gasteiger partial charge in [0.2, 0.25) is 17.7 Å². The summed E-state index contributed by atoms with van der Waals surface area (Å²) < 4.78 is 18.7. The summed E-state index contributed by atoms with van der Waals surface area (Å²) in [5, 5.41) is 11.4. The van der Waals surface area contributed by atoms with Gasteiger partial charge in [-0.15, -0.1) is 10.2 Å². The average molecular weight is 348 g/mol. The zero-order valence-electron chi connectivity index (χ0n) is 13.5. The third-order valence-electron chi connectivity index (χ3n) is 3.74. The van der Waals surface area contributed by atoms with Crippen LogP contribution in [0.3, 0.4) is 0 Å². The van der Waals surface area contributed by atoms with Crippen LogP contribution in [-0.2, 0) is 11.2 Å². The maximum absolute atomic E-state index is 13.1. The molecule has 2 heterocycles. The van der Waals surface area contributed by atoms with Crippen molar-refractivity contribution in [3.8, 4) is 11.5 Å². The maximum atomic E-state index is 13.1. The minimum absolute atomic E-state index is 0.0986. The first kappa shape index (κ1) is 15.9. The van der Waals surface area contributed by atoms with Crippen LogP contribution in [0.25, 0.3) is 22.4 Å². The molecule has 26 heavy (non-hydrogen) atoms. The van der Waals surface area contributed by atoms with E-state index in [0.29, 0.717) is 11.6 Å². The molecule has 1 N–H and O–H groups in total. The molecule has 0 saturated heterocycles. The number of hydrogen-bond donors (Lipinski definition) is 1. The summed E-state index contributed by atoms with van der Waals surface area (Å²) in [6, 6.07) is 15.0. The molecule has 0 bridgehead atoms. The molecule has 0 aliphatic carbocycles. The van der Waals surface area contributed by atoms with Crippen LogP contribution < -0.4 is 5.32 Å². The monoisotopic (exact) mass is 348 g/mol. The number of aromatic nitrogens is 3. The fraction of sp³-hybridized carbons (Fsp3) is 0.0526. The van der Waals surface area contributed by atoms with Crippen molar-refractivity contribution in [2.24, 2.45) is 0 Å². The minimum atomic E-state index is -0.423. The molecule has 4 aromatic rings. The summed E-state index contributed by atoms with van der Waals surface area (Å²) in [5.41, 5.74) is 1.98. The van der Waals surface area contributed by atoms with Gasteiger partial charge < -0.3 is 9.73 Å². The number of amides is 1. The summed E-state index contributed by atoms with van der Waals surface area (Å²) >= 11 is 0. The Bertz CT molecular complexity index is 1090. The van der Waals surface area contributed by atoms with Crippen molar-refractivity contribution in [1.82, 2.24) is 15.2 Å². The molecule has 7 heteroatoms. The summed E-state index contributed by atoms with van der Waals surface area (Å²) in [4.78, 5) is 16.3. The van der Waals surface area contributed by atoms with Gasteiger partial charge in [-0.3, -0.25) is 9.78 Å². The highest BCUT2D eigenvalue weighted by molar-refractivity contribution is 5.91. The van der Waals surface area contributed by atoms with Crippen molar-refractivity contribution < 1.29 is 13.6 Å². The van der Waals surface area contributed by atoms with Gasteiger partial charge >= 0.3 is 0 Å². The Morgan fingerprint density at radius 1 is 1.08 bits per heavy atom. The lowest BCUT2D eigenvalue weighted by Crippen LogP contribution is -2.14. The van der Waals surface area contributed by atoms with Crippen molar-refractivity contribution in [2.45, 2.75) is 6.42 Å². The van der Waals surface area contributed by atoms with Gasteiger partial charge in [0.05, 0.1) is 5.52 Å². The Labute approximate surface area is 147 Å². The molecule has 1 amide bonds. The van der Waals surface area contributed by atoms with Crippen LogP contribution in [0.5, 0.6) is 0 Å². The molecular formula is C19H13FN4O2. The van der Waals surface area contributed by atoms with Crippen LogP contribution in [0.2, 0.25) is 0 Å². The van der Waals surface area contributed by atoms with E-state index < -0.39 is 5.82 Å². The molecule has 0 radical (unpaired) electrons. The Morgan fingerprint density at radius 3 is 2.88 bits per heavy atom. The first-order valence-electron chi connectivity index (χ1n) is 7.90. The molecule has 0 saturated carbocycles. The predicted octanol–water partition coefficient (Wildman–Crippen LogP) is 3.61. The van der Waals surface area contributed by atoms with Gasteiger partial charge in [0, 0.05) is 22.8 Å². The summed E-state index contributed by atoms with van der Waals surface area (Å²) in [6.45, 7) is 0. The molecule has 0 spiro atoms. The molecule has 2 aromatic carbocycles. The van der Waals surface area contributed by atoms with Crippen LogP contribution >= 0.6 is 0 Å². The molecule has 0 atom stereocenters. The fourth-order valence-electron chi connectivity index (χ4n) is 2.56. The topological polar surface area (TPSA) is 80.9 Å². The van der Waals surface area contributed by atoms with E-state index in [9.17, 15) is 9.18 Å². The van der Waals surface area contributed by atoms with E-state index in [0.717, 1.165) is 16.5 Å². The van der Waals surface area contributed by atoms with Crippen molar-refractivity contribution in [3.05, 3.63) is 72.5 Å². The third-order valence-corrected chi connectivity index (χ3v) is 3.74. The maximum Gasteiger partial charge on any atom is 0.247 e. The first-order valence-corrected chi connectivity index (χ1v) is 7.90. The van der Waals surface area contributed by atoms with E-state index in [-0.39, 0.29) is 18.2 Å². The van der Waals surface area contributed by atoms with Gasteiger partial charge in [-0.25, -0.2) is 4.39 Å². The largest absolute Gasteiger partial charge is 0.420 e. The number of nitrogens with one attached hydrogen (secondary N) is 1. The van der Waals surface area contributed by atoms with Crippen LogP contribution in [-0.4, -0.2) is 21.1 Å². The first-order chi connectivity index (χ1) is 12.7. The van der Waals surface area contributed by atoms with E-state index in [4.69, 9.17) is 4.42 Å². The molecule has 4 rings (SSSR count). The molecular weight excluding hydrogens is 335 g/mol. The van der Waals surface area contributed by atoms with E-state index in [1.807, 2.05) is 30.3 Å². The highest BCUT2D eigenvalue weighted by atomic mass is 19.1. The molecule has 0 aliphatic heterocycles. The van der Waals surface area contributed by atoms with Crippen molar-refractivity contribution in [3.63, 3.8) is 0 Å². The SMILES string of the molecule is O=C(Cc1nnc(-c2ccc3ncccc3c2)o1)Nc1cccc(F)c1. The van der Waals surface area contributed by atoms with Gasteiger partial charge in [-0.05, 0) is 42.5 Å². The second-order valence-electron chi connectivity index (χ2n) is 5.65. The second-order valence-corrected chi connectivity index (χ2v) is 5.65. The number of carbonyl (C=O) groups is 1. The zero-order valence-corrected chi connectivity index (χ0v) is 13.5. The predicted molar refractivity (Wildman–Crippen MR) is 93.8 cm³/mol. The van der Waals surface area contributed by atoms with Crippen LogP contribution in [0, 0.1) is 5.82 Å².